The van der Waals surface area contributed by atoms with Gasteiger partial charge in [0.15, 0.2) is 0 Å². The van der Waals surface area contributed by atoms with Gasteiger partial charge in [-0.1, -0.05) is 51.1 Å². The van der Waals surface area contributed by atoms with Gasteiger partial charge in [0.1, 0.15) is 17.8 Å². The number of urea groups is 1. The number of anilines is 1. The zero-order chi connectivity index (χ0) is 29.3. The summed E-state index contributed by atoms with van der Waals surface area (Å²) in [5.74, 6) is -0.555. The van der Waals surface area contributed by atoms with E-state index in [0.717, 1.165) is 11.3 Å². The van der Waals surface area contributed by atoms with E-state index in [-0.39, 0.29) is 23.3 Å². The highest BCUT2D eigenvalue weighted by Gasteiger charge is 2.63. The van der Waals surface area contributed by atoms with Gasteiger partial charge in [-0.3, -0.25) is 19.3 Å². The van der Waals surface area contributed by atoms with Crippen LogP contribution < -0.4 is 4.90 Å². The molecule has 7 rings (SSSR count). The maximum Gasteiger partial charge on any atom is 0.332 e. The molecule has 0 aliphatic carbocycles. The third-order valence-electron chi connectivity index (χ3n) is 8.58. The Balaban J connectivity index is 1.22. The molecule has 5 heterocycles. The van der Waals surface area contributed by atoms with Crippen molar-refractivity contribution in [2.24, 2.45) is 0 Å². The molecule has 10 nitrogen and oxygen atoms in total. The normalized spacial score (nSPS) is 21.4. The highest BCUT2D eigenvalue weighted by molar-refractivity contribution is 6.25. The first-order valence-electron chi connectivity index (χ1n) is 14.0. The number of carbonyl (C=O) groups is 3. The summed E-state index contributed by atoms with van der Waals surface area (Å²) in [6, 6.07) is 18.7. The van der Waals surface area contributed by atoms with Gasteiger partial charge in [-0.25, -0.2) is 9.69 Å². The lowest BCUT2D eigenvalue weighted by Gasteiger charge is -2.34. The van der Waals surface area contributed by atoms with Crippen molar-refractivity contribution >= 4 is 34.4 Å². The Kier molecular flexibility index (Phi) is 5.70. The average molecular weight is 560 g/mol. The van der Waals surface area contributed by atoms with Gasteiger partial charge in [-0.15, -0.1) is 0 Å². The molecule has 10 heteroatoms. The predicted molar refractivity (Wildman–Crippen MR) is 155 cm³/mol. The first kappa shape index (κ1) is 25.9. The minimum Gasteiger partial charge on any atom is -0.330 e. The molecule has 4 aromatic rings. The largest absolute Gasteiger partial charge is 0.332 e. The Morgan fingerprint density at radius 1 is 1.07 bits per heavy atom. The van der Waals surface area contributed by atoms with Gasteiger partial charge in [-0.2, -0.15) is 10.4 Å². The van der Waals surface area contributed by atoms with Crippen LogP contribution in [0.15, 0.2) is 66.9 Å². The third kappa shape index (κ3) is 3.80. The highest BCUT2D eigenvalue weighted by Crippen LogP contribution is 2.44. The van der Waals surface area contributed by atoms with Gasteiger partial charge in [0.25, 0.3) is 11.8 Å². The standard InChI is InChI=1S/C32H29N7O3/c1-32(2,3)26-15-25(37(35-26)17-19-8-5-4-6-9-19)29(40)36-18-21-14-24(36)28-30(41)39(31(42)38(21)28)23-12-11-20(16-33)27-22(23)10-7-13-34-27/h4-13,15,21,24,28H,14,17-18H2,1-3H3. The fourth-order valence-corrected chi connectivity index (χ4v) is 6.53. The third-order valence-corrected chi connectivity index (χ3v) is 8.58. The van der Waals surface area contributed by atoms with Crippen LogP contribution in [0.4, 0.5) is 10.5 Å². The monoisotopic (exact) mass is 559 g/mol. The molecule has 0 spiro atoms. The molecular formula is C32H29N7O3. The number of benzene rings is 2. The Labute approximate surface area is 242 Å². The lowest BCUT2D eigenvalue weighted by molar-refractivity contribution is -0.121. The molecule has 210 valence electrons. The molecule has 3 aliphatic rings. The topological polar surface area (TPSA) is 115 Å². The molecule has 0 radical (unpaired) electrons. The molecule has 2 aromatic heterocycles. The summed E-state index contributed by atoms with van der Waals surface area (Å²) in [5.41, 5.74) is 3.26. The van der Waals surface area contributed by atoms with Crippen molar-refractivity contribution in [3.63, 3.8) is 0 Å². The van der Waals surface area contributed by atoms with Gasteiger partial charge in [0.2, 0.25) is 0 Å². The number of amides is 4. The van der Waals surface area contributed by atoms with E-state index in [1.807, 2.05) is 36.4 Å². The lowest BCUT2D eigenvalue weighted by atomic mass is 9.92. The molecule has 3 unspecified atom stereocenters. The summed E-state index contributed by atoms with van der Waals surface area (Å²) in [6.45, 7) is 6.98. The maximum absolute atomic E-state index is 14.2. The molecule has 2 bridgehead atoms. The fourth-order valence-electron chi connectivity index (χ4n) is 6.53. The summed E-state index contributed by atoms with van der Waals surface area (Å²) in [6.07, 6.45) is 2.13. The van der Waals surface area contributed by atoms with Gasteiger partial charge in [0.05, 0.1) is 41.1 Å². The minimum absolute atomic E-state index is 0.187. The number of imide groups is 1. The van der Waals surface area contributed by atoms with Crippen LogP contribution in [0.5, 0.6) is 0 Å². The number of rotatable bonds is 4. The number of nitrogens with zero attached hydrogens (tertiary/aromatic N) is 7. The molecule has 3 atom stereocenters. The fraction of sp³-hybridized carbons (Fsp3) is 0.312. The van der Waals surface area contributed by atoms with Gasteiger partial charge in [0, 0.05) is 23.5 Å². The molecule has 3 fully saturated rings. The van der Waals surface area contributed by atoms with Crippen LogP contribution in [-0.4, -0.2) is 67.1 Å². The smallest absolute Gasteiger partial charge is 0.330 e. The molecule has 2 aromatic carbocycles. The number of carbonyl (C=O) groups excluding carboxylic acids is 3. The number of hydrogen-bond donors (Lipinski definition) is 0. The second kappa shape index (κ2) is 9.24. The number of likely N-dealkylation sites (tertiary alicyclic amines) is 1. The lowest BCUT2D eigenvalue weighted by Crippen LogP contribution is -2.55. The van der Waals surface area contributed by atoms with E-state index in [1.165, 1.54) is 4.90 Å². The number of aromatic nitrogens is 3. The second-order valence-electron chi connectivity index (χ2n) is 12.2. The van der Waals surface area contributed by atoms with E-state index in [4.69, 9.17) is 5.10 Å². The molecular weight excluding hydrogens is 530 g/mol. The van der Waals surface area contributed by atoms with Gasteiger partial charge < -0.3 is 9.80 Å². The van der Waals surface area contributed by atoms with Crippen molar-refractivity contribution in [1.29, 1.82) is 5.26 Å². The Morgan fingerprint density at radius 2 is 1.86 bits per heavy atom. The Bertz CT molecular complexity index is 1820. The summed E-state index contributed by atoms with van der Waals surface area (Å²) in [5, 5.41) is 14.9. The van der Waals surface area contributed by atoms with E-state index in [9.17, 15) is 19.6 Å². The van der Waals surface area contributed by atoms with Crippen molar-refractivity contribution in [3.8, 4) is 6.07 Å². The first-order chi connectivity index (χ1) is 20.2. The minimum atomic E-state index is -0.768. The average Bonchev–Trinajstić information content (AvgIpc) is 3.75. The van der Waals surface area contributed by atoms with Crippen LogP contribution in [-0.2, 0) is 16.8 Å². The van der Waals surface area contributed by atoms with Crippen LogP contribution in [0, 0.1) is 11.3 Å². The highest BCUT2D eigenvalue weighted by atomic mass is 16.2. The summed E-state index contributed by atoms with van der Waals surface area (Å²) >= 11 is 0. The zero-order valence-corrected chi connectivity index (χ0v) is 23.6. The molecule has 42 heavy (non-hydrogen) atoms. The van der Waals surface area contributed by atoms with Crippen LogP contribution in [0.3, 0.4) is 0 Å². The van der Waals surface area contributed by atoms with Crippen molar-refractivity contribution in [3.05, 3.63) is 89.4 Å². The van der Waals surface area contributed by atoms with Crippen LogP contribution in [0.2, 0.25) is 0 Å². The molecule has 3 saturated heterocycles. The SMILES string of the molecule is CC(C)(C)c1cc(C(=O)N2CC3CC2C2C(=O)N(c4ccc(C#N)c5ncccc45)C(=O)N32)n(Cc2ccccc2)n1. The van der Waals surface area contributed by atoms with Crippen molar-refractivity contribution < 1.29 is 14.4 Å². The number of piperazine rings is 1. The Hall–Kier alpha value is -5.04. The number of hydrogen-bond acceptors (Lipinski definition) is 6. The van der Waals surface area contributed by atoms with E-state index in [1.54, 1.807) is 44.9 Å². The summed E-state index contributed by atoms with van der Waals surface area (Å²) in [4.78, 5) is 50.8. The van der Waals surface area contributed by atoms with Gasteiger partial charge in [-0.05, 0) is 42.3 Å². The Morgan fingerprint density at radius 3 is 2.60 bits per heavy atom. The number of nitriles is 1. The summed E-state index contributed by atoms with van der Waals surface area (Å²) < 4.78 is 1.76. The molecule has 3 aliphatic heterocycles. The van der Waals surface area contributed by atoms with E-state index >= 15 is 0 Å². The maximum atomic E-state index is 14.2. The van der Waals surface area contributed by atoms with E-state index in [0.29, 0.717) is 47.4 Å². The van der Waals surface area contributed by atoms with Crippen LogP contribution >= 0.6 is 0 Å². The van der Waals surface area contributed by atoms with E-state index in [2.05, 4.69) is 31.8 Å². The van der Waals surface area contributed by atoms with Crippen LogP contribution in [0.25, 0.3) is 10.9 Å². The number of fused-ring (bicyclic) bond motifs is 6. The second-order valence-corrected chi connectivity index (χ2v) is 12.2. The van der Waals surface area contributed by atoms with E-state index < -0.39 is 18.1 Å². The molecule has 0 N–H and O–H groups in total. The summed E-state index contributed by atoms with van der Waals surface area (Å²) in [7, 11) is 0. The number of pyridine rings is 1. The zero-order valence-electron chi connectivity index (χ0n) is 23.6. The molecule has 4 amide bonds. The van der Waals surface area contributed by atoms with Crippen molar-refractivity contribution in [2.45, 2.75) is 57.3 Å². The quantitative estimate of drug-likeness (QED) is 0.348. The van der Waals surface area contributed by atoms with Gasteiger partial charge >= 0.3 is 6.03 Å². The predicted octanol–water partition coefficient (Wildman–Crippen LogP) is 4.08. The molecule has 0 saturated carbocycles. The van der Waals surface area contributed by atoms with Crippen LogP contribution in [0.1, 0.15) is 54.5 Å². The van der Waals surface area contributed by atoms with Crippen molar-refractivity contribution in [1.82, 2.24) is 24.6 Å². The first-order valence-corrected chi connectivity index (χ1v) is 14.0. The van der Waals surface area contributed by atoms with Crippen molar-refractivity contribution in [2.75, 3.05) is 11.4 Å².